The van der Waals surface area contributed by atoms with E-state index in [1.807, 2.05) is 0 Å². The molecule has 0 saturated carbocycles. The predicted molar refractivity (Wildman–Crippen MR) is 134 cm³/mol. The Kier molecular flexibility index (Phi) is 7.55. The minimum Gasteiger partial charge on any atom is -0.458 e. The van der Waals surface area contributed by atoms with Gasteiger partial charge in [0.15, 0.2) is 6.10 Å². The Bertz CT molecular complexity index is 1250. The van der Waals surface area contributed by atoms with Crippen molar-refractivity contribution in [3.8, 4) is 6.07 Å². The van der Waals surface area contributed by atoms with Gasteiger partial charge < -0.3 is 15.2 Å². The van der Waals surface area contributed by atoms with Crippen LogP contribution in [0.3, 0.4) is 0 Å². The summed E-state index contributed by atoms with van der Waals surface area (Å²) in [5.41, 5.74) is 7.43. The molecule has 4 atom stereocenters. The second-order valence-corrected chi connectivity index (χ2v) is 10.6. The molecule has 4 rings (SSSR count). The molecular weight excluding hydrogens is 517 g/mol. The van der Waals surface area contributed by atoms with E-state index >= 15 is 0 Å². The molecule has 0 aliphatic carbocycles. The third-order valence-corrected chi connectivity index (χ3v) is 6.58. The fraction of sp³-hybridized carbons (Fsp3) is 0.500. The smallest absolute Gasteiger partial charge is 0.407 e. The summed E-state index contributed by atoms with van der Waals surface area (Å²) >= 11 is 0. The van der Waals surface area contributed by atoms with Crippen molar-refractivity contribution in [2.75, 3.05) is 6.61 Å². The van der Waals surface area contributed by atoms with Crippen molar-refractivity contribution < 1.29 is 32.2 Å². The maximum absolute atomic E-state index is 13.0. The Morgan fingerprint density at radius 3 is 2.62 bits per heavy atom. The number of carbonyl (C=O) groups is 2. The number of dihydropyridines is 1. The van der Waals surface area contributed by atoms with E-state index < -0.39 is 47.3 Å². The van der Waals surface area contributed by atoms with Gasteiger partial charge >= 0.3 is 12.1 Å². The molecule has 3 aliphatic heterocycles. The van der Waals surface area contributed by atoms with E-state index in [9.17, 15) is 28.0 Å². The third kappa shape index (κ3) is 5.97. The lowest BCUT2D eigenvalue weighted by Gasteiger charge is -2.45. The highest BCUT2D eigenvalue weighted by Gasteiger charge is 2.52. The van der Waals surface area contributed by atoms with Crippen LogP contribution in [0.5, 0.6) is 0 Å². The monoisotopic (exact) mass is 546 g/mol. The fourth-order valence-electron chi connectivity index (χ4n) is 4.66. The summed E-state index contributed by atoms with van der Waals surface area (Å²) in [6.07, 6.45) is -1.75. The van der Waals surface area contributed by atoms with E-state index in [0.717, 1.165) is 0 Å². The number of carbonyl (C=O) groups excluding carboxylic acids is 2. The van der Waals surface area contributed by atoms with Gasteiger partial charge in [0.2, 0.25) is 0 Å². The van der Waals surface area contributed by atoms with Crippen LogP contribution in [0.25, 0.3) is 0 Å². The van der Waals surface area contributed by atoms with Crippen molar-refractivity contribution in [2.45, 2.75) is 69.5 Å². The van der Waals surface area contributed by atoms with Crippen molar-refractivity contribution in [2.24, 2.45) is 21.6 Å². The van der Waals surface area contributed by atoms with Gasteiger partial charge in [-0.2, -0.15) is 18.4 Å². The summed E-state index contributed by atoms with van der Waals surface area (Å²) in [7, 11) is 0. The molecule has 0 bridgehead atoms. The lowest BCUT2D eigenvalue weighted by Crippen LogP contribution is -2.58. The van der Waals surface area contributed by atoms with Gasteiger partial charge in [-0.3, -0.25) is 15.2 Å². The van der Waals surface area contributed by atoms with E-state index in [1.54, 1.807) is 31.9 Å². The number of nitrogens with one attached hydrogen (secondary N) is 1. The number of alkyl halides is 3. The molecule has 1 amide bonds. The van der Waals surface area contributed by atoms with Crippen LogP contribution in [0, 0.1) is 17.2 Å². The molecule has 1 aromatic carbocycles. The minimum absolute atomic E-state index is 0.00768. The molecule has 13 heteroatoms. The lowest BCUT2D eigenvalue weighted by atomic mass is 9.85. The first-order chi connectivity index (χ1) is 18.2. The Morgan fingerprint density at radius 2 is 2.05 bits per heavy atom. The van der Waals surface area contributed by atoms with Gasteiger partial charge in [0.05, 0.1) is 36.0 Å². The molecule has 3 aliphatic rings. The van der Waals surface area contributed by atoms with Crippen LogP contribution in [-0.2, 0) is 19.1 Å². The van der Waals surface area contributed by atoms with Crippen LogP contribution in [0.1, 0.15) is 51.6 Å². The number of amidine groups is 1. The second kappa shape index (κ2) is 10.4. The molecule has 0 aromatic heterocycles. The van der Waals surface area contributed by atoms with Gasteiger partial charge in [-0.1, -0.05) is 12.1 Å². The van der Waals surface area contributed by atoms with E-state index in [0.29, 0.717) is 17.8 Å². The summed E-state index contributed by atoms with van der Waals surface area (Å²) in [4.78, 5) is 33.7. The predicted octanol–water partition coefficient (Wildman–Crippen LogP) is 3.38. The number of allylic oxidation sites excluding steroid dienone is 1. The zero-order chi connectivity index (χ0) is 28.6. The van der Waals surface area contributed by atoms with Crippen LogP contribution in [0.4, 0.5) is 18.9 Å². The van der Waals surface area contributed by atoms with Crippen LogP contribution in [0.2, 0.25) is 0 Å². The largest absolute Gasteiger partial charge is 0.458 e. The molecule has 2 fully saturated rings. The first-order valence-electron chi connectivity index (χ1n) is 12.3. The average molecular weight is 547 g/mol. The third-order valence-electron chi connectivity index (χ3n) is 6.58. The number of rotatable bonds is 5. The Labute approximate surface area is 223 Å². The number of nitrogens with two attached hydrogens (primary N) is 1. The van der Waals surface area contributed by atoms with Crippen LogP contribution in [-0.4, -0.2) is 59.0 Å². The zero-order valence-corrected chi connectivity index (χ0v) is 21.7. The molecule has 1 unspecified atom stereocenters. The van der Waals surface area contributed by atoms with E-state index in [1.165, 1.54) is 30.5 Å². The number of amides is 1. The number of hydrogen-bond acceptors (Lipinski definition) is 8. The number of halogens is 3. The fourth-order valence-corrected chi connectivity index (χ4v) is 4.66. The molecule has 10 nitrogen and oxygen atoms in total. The quantitative estimate of drug-likeness (QED) is 0.536. The normalized spacial score (nSPS) is 26.9. The van der Waals surface area contributed by atoms with Crippen molar-refractivity contribution in [3.05, 3.63) is 41.6 Å². The molecule has 208 valence electrons. The highest BCUT2D eigenvalue weighted by atomic mass is 19.4. The van der Waals surface area contributed by atoms with E-state index in [2.05, 4.69) is 21.5 Å². The Balaban J connectivity index is 1.60. The van der Waals surface area contributed by atoms with Crippen molar-refractivity contribution in [1.82, 2.24) is 10.4 Å². The number of benzene rings is 1. The number of hydrazine groups is 1. The van der Waals surface area contributed by atoms with Crippen molar-refractivity contribution in [3.63, 3.8) is 0 Å². The van der Waals surface area contributed by atoms with Gasteiger partial charge in [0, 0.05) is 6.21 Å². The van der Waals surface area contributed by atoms with Gasteiger partial charge in [-0.05, 0) is 57.4 Å². The average Bonchev–Trinajstić information content (AvgIpc) is 3.23. The molecule has 0 spiro atoms. The summed E-state index contributed by atoms with van der Waals surface area (Å²) in [5, 5.41) is 11.3. The maximum atomic E-state index is 13.0. The number of ether oxygens (including phenoxy) is 2. The topological polar surface area (TPSA) is 142 Å². The number of fused-ring (bicyclic) bond motifs is 1. The van der Waals surface area contributed by atoms with Crippen molar-refractivity contribution >= 4 is 29.6 Å². The molecule has 0 radical (unpaired) electrons. The number of hydrogen-bond donors (Lipinski definition) is 2. The number of nitrogens with zero attached hydrogens (tertiary/aromatic N) is 4. The first-order valence-corrected chi connectivity index (χ1v) is 12.3. The highest BCUT2D eigenvalue weighted by molar-refractivity contribution is 6.12. The van der Waals surface area contributed by atoms with Crippen molar-refractivity contribution in [1.29, 1.82) is 5.26 Å². The Morgan fingerprint density at radius 1 is 1.36 bits per heavy atom. The Hall–Kier alpha value is -3.76. The SMILES string of the molecule is CC(C)(C)OC(=O)[C@@H]1CC[C@@](CC#N)(N2NC(=Nc3ccc([C@@H](N)C(F)(F)F)cc3)C3C(=O)N=CC=C32)CO1. The summed E-state index contributed by atoms with van der Waals surface area (Å²) in [6, 6.07) is 5.24. The molecule has 39 heavy (non-hydrogen) atoms. The van der Waals surface area contributed by atoms with E-state index in [-0.39, 0.29) is 30.8 Å². The van der Waals surface area contributed by atoms with Crippen LogP contribution in [0.15, 0.2) is 46.0 Å². The molecule has 1 aromatic rings. The maximum Gasteiger partial charge on any atom is 0.407 e. The standard InChI is InChI=1S/C26H29F3N6O4/c1-24(2,3)39-23(37)18-8-10-25(11-12-30,14-38-18)35-17-9-13-32-22(36)19(17)21(34-35)33-16-6-4-15(5-7-16)20(31)26(27,28)29/h4-7,9,13,18-20H,8,10-11,14,31H2,1-3H3,(H,33,34)/t18-,19?,20+,25-/m0/s1. The second-order valence-electron chi connectivity index (χ2n) is 10.6. The lowest BCUT2D eigenvalue weighted by molar-refractivity contribution is -0.178. The summed E-state index contributed by atoms with van der Waals surface area (Å²) < 4.78 is 50.2. The molecule has 3 N–H and O–H groups in total. The van der Waals surface area contributed by atoms with E-state index in [4.69, 9.17) is 15.2 Å². The van der Waals surface area contributed by atoms with Gasteiger partial charge in [0.1, 0.15) is 23.4 Å². The van der Waals surface area contributed by atoms with Gasteiger partial charge in [-0.15, -0.1) is 0 Å². The molecule has 3 heterocycles. The molecule has 2 saturated heterocycles. The summed E-state index contributed by atoms with van der Waals surface area (Å²) in [5.74, 6) is -1.70. The zero-order valence-electron chi connectivity index (χ0n) is 21.7. The minimum atomic E-state index is -4.59. The number of nitriles is 1. The first kappa shape index (κ1) is 28.3. The van der Waals surface area contributed by atoms with Crippen LogP contribution >= 0.6 is 0 Å². The number of esters is 1. The van der Waals surface area contributed by atoms with Crippen LogP contribution < -0.4 is 11.2 Å². The molecular formula is C26H29F3N6O4. The van der Waals surface area contributed by atoms with Gasteiger partial charge in [0.25, 0.3) is 5.91 Å². The number of aliphatic imine (C=N–C) groups is 2. The highest BCUT2D eigenvalue weighted by Crippen LogP contribution is 2.40. The summed E-state index contributed by atoms with van der Waals surface area (Å²) in [6.45, 7) is 5.27. The van der Waals surface area contributed by atoms with Gasteiger partial charge in [-0.25, -0.2) is 14.8 Å².